The Morgan fingerprint density at radius 2 is 1.80 bits per heavy atom. The first-order chi connectivity index (χ1) is 9.31. The molecule has 2 nitrogen and oxygen atoms in total. The quantitative estimate of drug-likeness (QED) is 0.691. The Bertz CT molecular complexity index is 392. The number of ether oxygens (including phenoxy) is 1. The van der Waals surface area contributed by atoms with Crippen LogP contribution in [0.25, 0.3) is 0 Å². The molecule has 0 amide bonds. The Morgan fingerprint density at radius 3 is 2.25 bits per heavy atom. The summed E-state index contributed by atoms with van der Waals surface area (Å²) in [7, 11) is 0. The van der Waals surface area contributed by atoms with Crippen molar-refractivity contribution in [2.75, 3.05) is 12.4 Å². The zero-order valence-corrected chi connectivity index (χ0v) is 12.3. The maximum Gasteiger partial charge on any atom is 0.573 e. The minimum atomic E-state index is -4.65. The van der Waals surface area contributed by atoms with Crippen molar-refractivity contribution in [3.05, 3.63) is 29.8 Å². The van der Waals surface area contributed by atoms with Crippen LogP contribution < -0.4 is 4.74 Å². The van der Waals surface area contributed by atoms with Crippen LogP contribution in [0.3, 0.4) is 0 Å². The fourth-order valence-corrected chi connectivity index (χ4v) is 1.93. The van der Waals surface area contributed by atoms with E-state index in [1.165, 1.54) is 12.1 Å². The third kappa shape index (κ3) is 6.48. The highest BCUT2D eigenvalue weighted by Crippen LogP contribution is 2.23. The molecule has 0 bridgehead atoms. The van der Waals surface area contributed by atoms with Gasteiger partial charge in [-0.25, -0.2) is 0 Å². The van der Waals surface area contributed by atoms with E-state index in [4.69, 9.17) is 11.6 Å². The Hall–Kier alpha value is -0.940. The predicted molar refractivity (Wildman–Crippen MR) is 74.0 cm³/mol. The molecule has 0 fully saturated rings. The lowest BCUT2D eigenvalue weighted by Crippen LogP contribution is -2.31. The molecule has 1 aromatic rings. The van der Waals surface area contributed by atoms with Gasteiger partial charge in [-0.3, -0.25) is 4.90 Å². The van der Waals surface area contributed by atoms with Gasteiger partial charge in [-0.05, 0) is 44.5 Å². The SMILES string of the molecule is CC(C)N(CCCCl)Cc1ccc(OC(F)(F)F)cc1. The molecule has 1 rings (SSSR count). The summed E-state index contributed by atoms with van der Waals surface area (Å²) in [5, 5.41) is 0. The average molecular weight is 310 g/mol. The zero-order chi connectivity index (χ0) is 15.2. The first-order valence-corrected chi connectivity index (χ1v) is 7.00. The van der Waals surface area contributed by atoms with Gasteiger partial charge >= 0.3 is 6.36 Å². The molecule has 0 aliphatic carbocycles. The Morgan fingerprint density at radius 1 is 1.20 bits per heavy atom. The van der Waals surface area contributed by atoms with E-state index in [-0.39, 0.29) is 5.75 Å². The molecule has 0 heterocycles. The van der Waals surface area contributed by atoms with Crippen molar-refractivity contribution in [3.63, 3.8) is 0 Å². The van der Waals surface area contributed by atoms with E-state index in [0.717, 1.165) is 18.5 Å². The molecule has 0 unspecified atom stereocenters. The van der Waals surface area contributed by atoms with E-state index in [9.17, 15) is 13.2 Å². The normalized spacial score (nSPS) is 12.2. The molecule has 114 valence electrons. The van der Waals surface area contributed by atoms with Crippen molar-refractivity contribution in [1.29, 1.82) is 0 Å². The lowest BCUT2D eigenvalue weighted by Gasteiger charge is -2.26. The fourth-order valence-electron chi connectivity index (χ4n) is 1.81. The first-order valence-electron chi connectivity index (χ1n) is 6.46. The van der Waals surface area contributed by atoms with Crippen LogP contribution in [-0.4, -0.2) is 29.7 Å². The highest BCUT2D eigenvalue weighted by atomic mass is 35.5. The van der Waals surface area contributed by atoms with Gasteiger partial charge in [0.25, 0.3) is 0 Å². The van der Waals surface area contributed by atoms with Gasteiger partial charge in [0.2, 0.25) is 0 Å². The number of nitrogens with zero attached hydrogens (tertiary/aromatic N) is 1. The third-order valence-corrected chi connectivity index (χ3v) is 3.12. The molecule has 0 saturated carbocycles. The minimum Gasteiger partial charge on any atom is -0.406 e. The summed E-state index contributed by atoms with van der Waals surface area (Å²) in [6.07, 6.45) is -3.76. The second-order valence-corrected chi connectivity index (χ2v) is 5.18. The lowest BCUT2D eigenvalue weighted by atomic mass is 10.1. The number of benzene rings is 1. The van der Waals surface area contributed by atoms with Gasteiger partial charge < -0.3 is 4.74 Å². The van der Waals surface area contributed by atoms with Gasteiger partial charge in [-0.2, -0.15) is 0 Å². The van der Waals surface area contributed by atoms with Crippen LogP contribution >= 0.6 is 11.6 Å². The van der Waals surface area contributed by atoms with Crippen molar-refractivity contribution in [2.24, 2.45) is 0 Å². The number of rotatable bonds is 7. The molecule has 0 radical (unpaired) electrons. The molecule has 0 aromatic heterocycles. The highest BCUT2D eigenvalue weighted by Gasteiger charge is 2.30. The molecular weight excluding hydrogens is 291 g/mol. The largest absolute Gasteiger partial charge is 0.573 e. The number of hydrogen-bond acceptors (Lipinski definition) is 2. The molecule has 0 atom stereocenters. The van der Waals surface area contributed by atoms with E-state index in [1.54, 1.807) is 12.1 Å². The van der Waals surface area contributed by atoms with Crippen molar-refractivity contribution < 1.29 is 17.9 Å². The number of alkyl halides is 4. The van der Waals surface area contributed by atoms with Crippen LogP contribution in [0.15, 0.2) is 24.3 Å². The molecule has 20 heavy (non-hydrogen) atoms. The third-order valence-electron chi connectivity index (χ3n) is 2.85. The summed E-state index contributed by atoms with van der Waals surface area (Å²) in [5.41, 5.74) is 0.947. The number of hydrogen-bond donors (Lipinski definition) is 0. The smallest absolute Gasteiger partial charge is 0.406 e. The van der Waals surface area contributed by atoms with E-state index in [0.29, 0.717) is 18.5 Å². The van der Waals surface area contributed by atoms with Gasteiger partial charge in [0, 0.05) is 18.5 Å². The second kappa shape index (κ2) is 7.74. The predicted octanol–water partition coefficient (Wildman–Crippen LogP) is 4.42. The van der Waals surface area contributed by atoms with Crippen molar-refractivity contribution in [1.82, 2.24) is 4.90 Å². The van der Waals surface area contributed by atoms with Crippen molar-refractivity contribution in [2.45, 2.75) is 39.2 Å². The van der Waals surface area contributed by atoms with Crippen LogP contribution in [0.5, 0.6) is 5.75 Å². The summed E-state index contributed by atoms with van der Waals surface area (Å²) in [6.45, 7) is 5.70. The van der Waals surface area contributed by atoms with Gasteiger partial charge in [0.15, 0.2) is 0 Å². The maximum absolute atomic E-state index is 12.1. The molecule has 0 aliphatic rings. The van der Waals surface area contributed by atoms with Crippen LogP contribution in [-0.2, 0) is 6.54 Å². The minimum absolute atomic E-state index is 0.196. The molecule has 0 aliphatic heterocycles. The average Bonchev–Trinajstić information content (AvgIpc) is 2.34. The summed E-state index contributed by atoms with van der Waals surface area (Å²) in [4.78, 5) is 2.22. The highest BCUT2D eigenvalue weighted by molar-refractivity contribution is 6.17. The summed E-state index contributed by atoms with van der Waals surface area (Å²) in [6, 6.07) is 6.32. The standard InChI is InChI=1S/C14H19ClF3NO/c1-11(2)19(9-3-8-15)10-12-4-6-13(7-5-12)20-14(16,17)18/h4-7,11H,3,8-10H2,1-2H3. The molecule has 0 saturated heterocycles. The van der Waals surface area contributed by atoms with E-state index in [1.807, 2.05) is 0 Å². The molecule has 0 N–H and O–H groups in total. The Balaban J connectivity index is 2.63. The lowest BCUT2D eigenvalue weighted by molar-refractivity contribution is -0.274. The van der Waals surface area contributed by atoms with Crippen molar-refractivity contribution in [3.8, 4) is 5.75 Å². The van der Waals surface area contributed by atoms with E-state index >= 15 is 0 Å². The van der Waals surface area contributed by atoms with Crippen LogP contribution in [0, 0.1) is 0 Å². The van der Waals surface area contributed by atoms with E-state index < -0.39 is 6.36 Å². The summed E-state index contributed by atoms with van der Waals surface area (Å²) >= 11 is 5.69. The zero-order valence-electron chi connectivity index (χ0n) is 11.6. The summed E-state index contributed by atoms with van der Waals surface area (Å²) < 4.78 is 40.0. The van der Waals surface area contributed by atoms with Crippen LogP contribution in [0.2, 0.25) is 0 Å². The Labute approximate surface area is 122 Å². The number of halogens is 4. The second-order valence-electron chi connectivity index (χ2n) is 4.80. The van der Waals surface area contributed by atoms with E-state index in [2.05, 4.69) is 23.5 Å². The van der Waals surface area contributed by atoms with Crippen molar-refractivity contribution >= 4 is 11.6 Å². The van der Waals surface area contributed by atoms with Gasteiger partial charge in [0.1, 0.15) is 5.75 Å². The molecule has 1 aromatic carbocycles. The monoisotopic (exact) mass is 309 g/mol. The van der Waals surface area contributed by atoms with Gasteiger partial charge in [-0.15, -0.1) is 24.8 Å². The first kappa shape index (κ1) is 17.1. The molecule has 0 spiro atoms. The summed E-state index contributed by atoms with van der Waals surface area (Å²) in [5.74, 6) is 0.403. The topological polar surface area (TPSA) is 12.5 Å². The Kier molecular flexibility index (Phi) is 6.62. The fraction of sp³-hybridized carbons (Fsp3) is 0.571. The van der Waals surface area contributed by atoms with Crippen LogP contribution in [0.4, 0.5) is 13.2 Å². The molecule has 6 heteroatoms. The molecular formula is C14H19ClF3NO. The van der Waals surface area contributed by atoms with Crippen LogP contribution in [0.1, 0.15) is 25.8 Å². The van der Waals surface area contributed by atoms with Gasteiger partial charge in [0.05, 0.1) is 0 Å². The van der Waals surface area contributed by atoms with Gasteiger partial charge in [-0.1, -0.05) is 12.1 Å². The maximum atomic E-state index is 12.1.